The Bertz CT molecular complexity index is 1270. The lowest BCUT2D eigenvalue weighted by atomic mass is 10.0. The van der Waals surface area contributed by atoms with Gasteiger partial charge in [0, 0.05) is 30.1 Å². The second-order valence-electron chi connectivity index (χ2n) is 7.56. The van der Waals surface area contributed by atoms with Gasteiger partial charge in [-0.25, -0.2) is 13.8 Å². The van der Waals surface area contributed by atoms with Crippen molar-refractivity contribution in [1.82, 2.24) is 20.6 Å². The molecular weight excluding hydrogens is 428 g/mol. The Balaban J connectivity index is 1.52. The smallest absolute Gasteiger partial charge is 0.268 e. The van der Waals surface area contributed by atoms with E-state index >= 15 is 0 Å². The molecular formula is C24H21F2N5O2. The van der Waals surface area contributed by atoms with Gasteiger partial charge in [-0.1, -0.05) is 30.3 Å². The van der Waals surface area contributed by atoms with E-state index in [1.54, 1.807) is 18.2 Å². The van der Waals surface area contributed by atoms with Crippen molar-refractivity contribution < 1.29 is 18.4 Å². The van der Waals surface area contributed by atoms with Crippen LogP contribution in [0.1, 0.15) is 21.6 Å². The average molecular weight is 449 g/mol. The molecule has 0 aliphatic heterocycles. The number of aromatic nitrogens is 2. The Morgan fingerprint density at radius 1 is 1.00 bits per heavy atom. The van der Waals surface area contributed by atoms with Gasteiger partial charge in [0.25, 0.3) is 5.91 Å². The molecule has 168 valence electrons. The van der Waals surface area contributed by atoms with E-state index in [9.17, 15) is 18.4 Å². The molecule has 1 atom stereocenters. The highest BCUT2D eigenvalue weighted by molar-refractivity contribution is 6.00. The highest BCUT2D eigenvalue weighted by Gasteiger charge is 2.23. The summed E-state index contributed by atoms with van der Waals surface area (Å²) in [4.78, 5) is 32.8. The number of hydrogen-bond donors (Lipinski definition) is 4. The largest absolute Gasteiger partial charge is 0.384 e. The molecule has 2 amide bonds. The SMILES string of the molecule is Nc1ccc(CNC(=O)[C@H](Cc2ccc(F)c(F)c2)NC(=O)c2cc3ccccc3[nH]2)cn1. The third-order valence-electron chi connectivity index (χ3n) is 5.13. The predicted molar refractivity (Wildman–Crippen MR) is 120 cm³/mol. The number of anilines is 1. The molecule has 9 heteroatoms. The number of hydrogen-bond acceptors (Lipinski definition) is 4. The summed E-state index contributed by atoms with van der Waals surface area (Å²) in [5.41, 5.74) is 7.70. The summed E-state index contributed by atoms with van der Waals surface area (Å²) in [7, 11) is 0. The van der Waals surface area contributed by atoms with E-state index in [2.05, 4.69) is 20.6 Å². The predicted octanol–water partition coefficient (Wildman–Crippen LogP) is 3.08. The zero-order valence-corrected chi connectivity index (χ0v) is 17.4. The first-order valence-electron chi connectivity index (χ1n) is 10.2. The van der Waals surface area contributed by atoms with Crippen LogP contribution in [0.3, 0.4) is 0 Å². The molecule has 5 N–H and O–H groups in total. The number of amides is 2. The maximum atomic E-state index is 13.7. The van der Waals surface area contributed by atoms with Crippen LogP contribution in [0.2, 0.25) is 0 Å². The fourth-order valence-electron chi connectivity index (χ4n) is 3.40. The van der Waals surface area contributed by atoms with Crippen molar-refractivity contribution in [2.24, 2.45) is 0 Å². The van der Waals surface area contributed by atoms with Crippen molar-refractivity contribution in [3.63, 3.8) is 0 Å². The molecule has 0 saturated carbocycles. The van der Waals surface area contributed by atoms with E-state index in [0.29, 0.717) is 16.9 Å². The zero-order chi connectivity index (χ0) is 23.4. The fraction of sp³-hybridized carbons (Fsp3) is 0.125. The van der Waals surface area contributed by atoms with Gasteiger partial charge in [-0.15, -0.1) is 0 Å². The Hall–Kier alpha value is -4.27. The summed E-state index contributed by atoms with van der Waals surface area (Å²) in [6, 6.07) is 14.7. The number of H-pyrrole nitrogens is 1. The number of carbonyl (C=O) groups excluding carboxylic acids is 2. The van der Waals surface area contributed by atoms with E-state index in [1.165, 1.54) is 12.3 Å². The van der Waals surface area contributed by atoms with Crippen molar-refractivity contribution in [3.8, 4) is 0 Å². The summed E-state index contributed by atoms with van der Waals surface area (Å²) >= 11 is 0. The molecule has 7 nitrogen and oxygen atoms in total. The van der Waals surface area contributed by atoms with Crippen molar-refractivity contribution in [2.45, 2.75) is 19.0 Å². The van der Waals surface area contributed by atoms with Crippen LogP contribution in [0.15, 0.2) is 66.9 Å². The number of nitrogen functional groups attached to an aromatic ring is 1. The van der Waals surface area contributed by atoms with Crippen LogP contribution in [0, 0.1) is 11.6 Å². The zero-order valence-electron chi connectivity index (χ0n) is 17.4. The quantitative estimate of drug-likeness (QED) is 0.347. The van der Waals surface area contributed by atoms with Gasteiger partial charge in [0.05, 0.1) is 0 Å². The summed E-state index contributed by atoms with van der Waals surface area (Å²) in [6.07, 6.45) is 1.50. The Morgan fingerprint density at radius 2 is 1.79 bits per heavy atom. The first-order valence-corrected chi connectivity index (χ1v) is 10.2. The number of fused-ring (bicyclic) bond motifs is 1. The molecule has 0 aliphatic carbocycles. The van der Waals surface area contributed by atoms with Crippen LogP contribution in [0.4, 0.5) is 14.6 Å². The average Bonchev–Trinajstić information content (AvgIpc) is 3.25. The molecule has 2 aromatic heterocycles. The van der Waals surface area contributed by atoms with Gasteiger partial charge in [-0.2, -0.15) is 0 Å². The van der Waals surface area contributed by atoms with Crippen molar-refractivity contribution in [3.05, 3.63) is 95.3 Å². The van der Waals surface area contributed by atoms with E-state index < -0.39 is 29.5 Å². The number of para-hydroxylation sites is 1. The molecule has 0 saturated heterocycles. The standard InChI is InChI=1S/C24H21F2N5O2/c25-17-7-5-14(9-18(17)26)10-20(23(32)29-13-15-6-8-22(27)28-12-15)31-24(33)21-11-16-3-1-2-4-19(16)30-21/h1-9,11-12,20,30H,10,13H2,(H2,27,28)(H,29,32)(H,31,33)/t20-/m0/s1. The van der Waals surface area contributed by atoms with Crippen LogP contribution < -0.4 is 16.4 Å². The highest BCUT2D eigenvalue weighted by atomic mass is 19.2. The Morgan fingerprint density at radius 3 is 2.52 bits per heavy atom. The third kappa shape index (κ3) is 5.32. The van der Waals surface area contributed by atoms with Crippen molar-refractivity contribution in [1.29, 1.82) is 0 Å². The number of halogens is 2. The van der Waals surface area contributed by atoms with Gasteiger partial charge in [0.2, 0.25) is 5.91 Å². The van der Waals surface area contributed by atoms with E-state index in [-0.39, 0.29) is 18.7 Å². The monoisotopic (exact) mass is 449 g/mol. The fourth-order valence-corrected chi connectivity index (χ4v) is 3.40. The Labute approximate surface area is 188 Å². The number of carbonyl (C=O) groups is 2. The van der Waals surface area contributed by atoms with Crippen LogP contribution in [-0.2, 0) is 17.8 Å². The van der Waals surface area contributed by atoms with Crippen LogP contribution in [0.5, 0.6) is 0 Å². The number of nitrogens with two attached hydrogens (primary N) is 1. The number of nitrogens with zero attached hydrogens (tertiary/aromatic N) is 1. The van der Waals surface area contributed by atoms with Crippen molar-refractivity contribution >= 4 is 28.5 Å². The lowest BCUT2D eigenvalue weighted by Crippen LogP contribution is -2.48. The highest BCUT2D eigenvalue weighted by Crippen LogP contribution is 2.16. The van der Waals surface area contributed by atoms with Gasteiger partial charge in [-0.3, -0.25) is 9.59 Å². The molecule has 2 aromatic carbocycles. The number of benzene rings is 2. The molecule has 2 heterocycles. The second kappa shape index (κ2) is 9.47. The number of nitrogens with one attached hydrogen (secondary N) is 3. The molecule has 4 rings (SSSR count). The second-order valence-corrected chi connectivity index (χ2v) is 7.56. The third-order valence-corrected chi connectivity index (χ3v) is 5.13. The first kappa shape index (κ1) is 21.9. The maximum absolute atomic E-state index is 13.7. The van der Waals surface area contributed by atoms with Gasteiger partial charge in [0.15, 0.2) is 11.6 Å². The molecule has 0 radical (unpaired) electrons. The van der Waals surface area contributed by atoms with Crippen LogP contribution >= 0.6 is 0 Å². The molecule has 0 spiro atoms. The Kier molecular flexibility index (Phi) is 6.30. The number of pyridine rings is 1. The summed E-state index contributed by atoms with van der Waals surface area (Å²) in [6.45, 7) is 0.155. The lowest BCUT2D eigenvalue weighted by Gasteiger charge is -2.18. The minimum absolute atomic E-state index is 0.0327. The molecule has 0 fully saturated rings. The summed E-state index contributed by atoms with van der Waals surface area (Å²) < 4.78 is 27.0. The van der Waals surface area contributed by atoms with Gasteiger partial charge in [0.1, 0.15) is 17.6 Å². The van der Waals surface area contributed by atoms with Crippen LogP contribution in [-0.4, -0.2) is 27.8 Å². The maximum Gasteiger partial charge on any atom is 0.268 e. The lowest BCUT2D eigenvalue weighted by molar-refractivity contribution is -0.123. The minimum Gasteiger partial charge on any atom is -0.384 e. The van der Waals surface area contributed by atoms with Crippen LogP contribution in [0.25, 0.3) is 10.9 Å². The molecule has 0 bridgehead atoms. The van der Waals surface area contributed by atoms with E-state index in [1.807, 2.05) is 24.3 Å². The van der Waals surface area contributed by atoms with Crippen molar-refractivity contribution in [2.75, 3.05) is 5.73 Å². The summed E-state index contributed by atoms with van der Waals surface area (Å²) in [5, 5.41) is 6.27. The number of aromatic amines is 1. The van der Waals surface area contributed by atoms with E-state index in [0.717, 1.165) is 23.0 Å². The van der Waals surface area contributed by atoms with Gasteiger partial charge < -0.3 is 21.4 Å². The molecule has 4 aromatic rings. The summed E-state index contributed by atoms with van der Waals surface area (Å²) in [5.74, 6) is -2.64. The first-order chi connectivity index (χ1) is 15.9. The molecule has 0 unspecified atom stereocenters. The van der Waals surface area contributed by atoms with E-state index in [4.69, 9.17) is 5.73 Å². The van der Waals surface area contributed by atoms with Gasteiger partial charge >= 0.3 is 0 Å². The molecule has 33 heavy (non-hydrogen) atoms. The molecule has 0 aliphatic rings. The van der Waals surface area contributed by atoms with Gasteiger partial charge in [-0.05, 0) is 41.5 Å². The topological polar surface area (TPSA) is 113 Å². The number of rotatable bonds is 7. The normalized spacial score (nSPS) is 11.8. The minimum atomic E-state index is -1.03.